The SMILES string of the molecule is C#CCOc1c(Br)cc(C[C@H]2SC(=Nc3ccc(OC)cc3)N(C)C2=O)cc1OCC. The summed E-state index contributed by atoms with van der Waals surface area (Å²) in [6, 6.07) is 11.2. The summed E-state index contributed by atoms with van der Waals surface area (Å²) in [7, 11) is 3.36. The first kappa shape index (κ1) is 23.0. The van der Waals surface area contributed by atoms with Gasteiger partial charge in [-0.15, -0.1) is 6.42 Å². The van der Waals surface area contributed by atoms with Gasteiger partial charge in [-0.05, 0) is 71.2 Å². The summed E-state index contributed by atoms with van der Waals surface area (Å²) in [6.45, 7) is 2.53. The Morgan fingerprint density at radius 3 is 2.65 bits per heavy atom. The van der Waals surface area contributed by atoms with E-state index in [4.69, 9.17) is 20.6 Å². The van der Waals surface area contributed by atoms with Crippen LogP contribution in [0, 0.1) is 12.3 Å². The largest absolute Gasteiger partial charge is 0.497 e. The van der Waals surface area contributed by atoms with Gasteiger partial charge in [0.15, 0.2) is 16.7 Å². The van der Waals surface area contributed by atoms with Crippen LogP contribution >= 0.6 is 27.7 Å². The summed E-state index contributed by atoms with van der Waals surface area (Å²) in [4.78, 5) is 19.1. The fourth-order valence-corrected chi connectivity index (χ4v) is 4.83. The molecule has 31 heavy (non-hydrogen) atoms. The first-order valence-electron chi connectivity index (χ1n) is 9.65. The minimum Gasteiger partial charge on any atom is -0.497 e. The quantitative estimate of drug-likeness (QED) is 0.490. The van der Waals surface area contributed by atoms with Crippen LogP contribution in [0.5, 0.6) is 17.2 Å². The molecule has 2 aromatic rings. The first-order valence-corrected chi connectivity index (χ1v) is 11.3. The van der Waals surface area contributed by atoms with E-state index in [0.717, 1.165) is 21.5 Å². The van der Waals surface area contributed by atoms with Crippen molar-refractivity contribution < 1.29 is 19.0 Å². The molecule has 1 aliphatic rings. The predicted octanol–water partition coefficient (Wildman–Crippen LogP) is 4.67. The Kier molecular flexibility index (Phi) is 7.88. The second kappa shape index (κ2) is 10.6. The van der Waals surface area contributed by atoms with Gasteiger partial charge in [-0.25, -0.2) is 4.99 Å². The van der Waals surface area contributed by atoms with E-state index in [2.05, 4.69) is 26.8 Å². The smallest absolute Gasteiger partial charge is 0.242 e. The number of aliphatic imine (C=N–C) groups is 1. The van der Waals surface area contributed by atoms with Crippen molar-refractivity contribution in [1.29, 1.82) is 0 Å². The molecule has 1 aliphatic heterocycles. The standard InChI is InChI=1S/C23H23BrN2O4S/c1-5-11-30-21-18(24)12-15(13-19(21)29-6-2)14-20-22(27)26(3)23(31-20)25-16-7-9-17(28-4)10-8-16/h1,7-10,12-13,20H,6,11,14H2,2-4H3/t20-/m1/s1. The third-order valence-corrected chi connectivity index (χ3v) is 6.35. The van der Waals surface area contributed by atoms with Crippen LogP contribution in [0.2, 0.25) is 0 Å². The third kappa shape index (κ3) is 5.54. The number of methoxy groups -OCH3 is 1. The summed E-state index contributed by atoms with van der Waals surface area (Å²) < 4.78 is 17.3. The van der Waals surface area contributed by atoms with Gasteiger partial charge in [0.1, 0.15) is 12.4 Å². The Labute approximate surface area is 195 Å². The van der Waals surface area contributed by atoms with Gasteiger partial charge in [0, 0.05) is 7.05 Å². The number of halogens is 1. The lowest BCUT2D eigenvalue weighted by molar-refractivity contribution is -0.125. The fourth-order valence-electron chi connectivity index (χ4n) is 3.03. The van der Waals surface area contributed by atoms with Gasteiger partial charge in [-0.2, -0.15) is 0 Å². The van der Waals surface area contributed by atoms with Crippen LogP contribution in [0.4, 0.5) is 5.69 Å². The van der Waals surface area contributed by atoms with E-state index >= 15 is 0 Å². The maximum absolute atomic E-state index is 12.8. The van der Waals surface area contributed by atoms with Gasteiger partial charge < -0.3 is 14.2 Å². The highest BCUT2D eigenvalue weighted by Crippen LogP contribution is 2.39. The monoisotopic (exact) mass is 502 g/mol. The molecule has 0 unspecified atom stereocenters. The zero-order chi connectivity index (χ0) is 22.4. The van der Waals surface area contributed by atoms with Crippen molar-refractivity contribution in [2.75, 3.05) is 27.4 Å². The molecule has 0 aromatic heterocycles. The number of nitrogens with zero attached hydrogens (tertiary/aromatic N) is 2. The molecule has 0 radical (unpaired) electrons. The minimum absolute atomic E-state index is 0.0130. The summed E-state index contributed by atoms with van der Waals surface area (Å²) in [5.74, 6) is 4.39. The summed E-state index contributed by atoms with van der Waals surface area (Å²) in [6.07, 6.45) is 5.84. The Hall–Kier alpha value is -2.63. The fraction of sp³-hybridized carbons (Fsp3) is 0.304. The lowest BCUT2D eigenvalue weighted by atomic mass is 10.1. The van der Waals surface area contributed by atoms with Gasteiger partial charge in [-0.3, -0.25) is 9.69 Å². The lowest BCUT2D eigenvalue weighted by Crippen LogP contribution is -2.28. The molecular weight excluding hydrogens is 480 g/mol. The number of amides is 1. The van der Waals surface area contributed by atoms with E-state index in [1.807, 2.05) is 43.3 Å². The van der Waals surface area contributed by atoms with Gasteiger partial charge in [0.25, 0.3) is 0 Å². The molecule has 1 heterocycles. The van der Waals surface area contributed by atoms with Gasteiger partial charge in [0.05, 0.1) is 29.1 Å². The van der Waals surface area contributed by atoms with Crippen LogP contribution in [0.25, 0.3) is 0 Å². The molecule has 0 N–H and O–H groups in total. The first-order chi connectivity index (χ1) is 15.0. The van der Waals surface area contributed by atoms with Crippen molar-refractivity contribution in [3.8, 4) is 29.6 Å². The molecule has 1 fully saturated rings. The highest BCUT2D eigenvalue weighted by molar-refractivity contribution is 9.10. The summed E-state index contributed by atoms with van der Waals surface area (Å²) in [5, 5.41) is 0.388. The number of rotatable bonds is 8. The minimum atomic E-state index is -0.277. The van der Waals surface area contributed by atoms with Crippen molar-refractivity contribution in [3.63, 3.8) is 0 Å². The van der Waals surface area contributed by atoms with Crippen LogP contribution in [-0.2, 0) is 11.2 Å². The van der Waals surface area contributed by atoms with Crippen molar-refractivity contribution in [1.82, 2.24) is 4.90 Å². The van der Waals surface area contributed by atoms with E-state index in [0.29, 0.717) is 29.7 Å². The van der Waals surface area contributed by atoms with Gasteiger partial charge in [-0.1, -0.05) is 17.7 Å². The normalized spacial score (nSPS) is 17.0. The molecule has 0 saturated carbocycles. The van der Waals surface area contributed by atoms with Crippen molar-refractivity contribution in [2.24, 2.45) is 4.99 Å². The van der Waals surface area contributed by atoms with E-state index in [1.54, 1.807) is 19.1 Å². The van der Waals surface area contributed by atoms with E-state index < -0.39 is 0 Å². The number of carbonyl (C=O) groups excluding carboxylic acids is 1. The average Bonchev–Trinajstić information content (AvgIpc) is 3.01. The molecule has 0 bridgehead atoms. The van der Waals surface area contributed by atoms with Crippen LogP contribution < -0.4 is 14.2 Å². The van der Waals surface area contributed by atoms with Gasteiger partial charge >= 0.3 is 0 Å². The maximum Gasteiger partial charge on any atom is 0.242 e. The second-order valence-corrected chi connectivity index (χ2v) is 8.66. The number of ether oxygens (including phenoxy) is 3. The Morgan fingerprint density at radius 2 is 2.00 bits per heavy atom. The third-order valence-electron chi connectivity index (χ3n) is 4.53. The molecule has 2 aromatic carbocycles. The molecule has 0 spiro atoms. The molecule has 3 rings (SSSR count). The van der Waals surface area contributed by atoms with Crippen molar-refractivity contribution >= 4 is 44.5 Å². The molecule has 1 atom stereocenters. The molecule has 8 heteroatoms. The number of thioether (sulfide) groups is 1. The van der Waals surface area contributed by atoms with E-state index in [1.165, 1.54) is 11.8 Å². The number of carbonyl (C=O) groups is 1. The zero-order valence-electron chi connectivity index (χ0n) is 17.6. The van der Waals surface area contributed by atoms with E-state index in [9.17, 15) is 4.79 Å². The Bertz CT molecular complexity index is 1020. The van der Waals surface area contributed by atoms with Crippen molar-refractivity contribution in [3.05, 3.63) is 46.4 Å². The molecule has 1 amide bonds. The van der Waals surface area contributed by atoms with Crippen LogP contribution in [-0.4, -0.2) is 48.6 Å². The number of terminal acetylenes is 1. The number of benzene rings is 2. The predicted molar refractivity (Wildman–Crippen MR) is 128 cm³/mol. The van der Waals surface area contributed by atoms with Crippen LogP contribution in [0.15, 0.2) is 45.9 Å². The lowest BCUT2D eigenvalue weighted by Gasteiger charge is -2.15. The maximum atomic E-state index is 12.8. The molecule has 1 saturated heterocycles. The highest BCUT2D eigenvalue weighted by Gasteiger charge is 2.36. The molecule has 0 aliphatic carbocycles. The number of amidine groups is 1. The Morgan fingerprint density at radius 1 is 1.26 bits per heavy atom. The van der Waals surface area contributed by atoms with Gasteiger partial charge in [0.2, 0.25) is 5.91 Å². The second-order valence-electron chi connectivity index (χ2n) is 6.63. The van der Waals surface area contributed by atoms with Crippen LogP contribution in [0.3, 0.4) is 0 Å². The van der Waals surface area contributed by atoms with E-state index in [-0.39, 0.29) is 17.8 Å². The van der Waals surface area contributed by atoms with Crippen LogP contribution in [0.1, 0.15) is 12.5 Å². The summed E-state index contributed by atoms with van der Waals surface area (Å²) in [5.41, 5.74) is 1.72. The molecule has 6 nitrogen and oxygen atoms in total. The zero-order valence-corrected chi connectivity index (χ0v) is 20.0. The summed E-state index contributed by atoms with van der Waals surface area (Å²) >= 11 is 4.98. The molecule has 162 valence electrons. The Balaban J connectivity index is 1.79. The average molecular weight is 503 g/mol. The molecular formula is C23H23BrN2O4S. The number of hydrogen-bond acceptors (Lipinski definition) is 6. The highest BCUT2D eigenvalue weighted by atomic mass is 79.9. The van der Waals surface area contributed by atoms with Crippen molar-refractivity contribution in [2.45, 2.75) is 18.6 Å². The number of hydrogen-bond donors (Lipinski definition) is 0. The topological polar surface area (TPSA) is 60.4 Å².